The molecule has 0 aliphatic carbocycles. The second-order valence-corrected chi connectivity index (χ2v) is 27.0. The number of hydrogen-bond acceptors (Lipinski definition) is 6. The zero-order chi connectivity index (χ0) is 60.5. The van der Waals surface area contributed by atoms with E-state index in [4.69, 9.17) is 9.05 Å². The van der Waals surface area contributed by atoms with E-state index >= 15 is 0 Å². The summed E-state index contributed by atoms with van der Waals surface area (Å²) in [6.07, 6.45) is 90.4. The predicted octanol–water partition coefficient (Wildman–Crippen LogP) is 22.3. The summed E-state index contributed by atoms with van der Waals surface area (Å²) in [6, 6.07) is -0.914. The van der Waals surface area contributed by atoms with Crippen LogP contribution < -0.4 is 10.2 Å². The van der Waals surface area contributed by atoms with E-state index in [1.807, 2.05) is 27.2 Å². The molecule has 0 aliphatic heterocycles. The van der Waals surface area contributed by atoms with E-state index in [2.05, 4.69) is 79.9 Å². The van der Waals surface area contributed by atoms with E-state index in [1.54, 1.807) is 6.08 Å². The highest BCUT2D eigenvalue weighted by Crippen LogP contribution is 2.38. The number of phosphoric acid groups is 1. The molecule has 0 rings (SSSR count). The van der Waals surface area contributed by atoms with Gasteiger partial charge in [-0.25, -0.2) is 0 Å². The maximum Gasteiger partial charge on any atom is 0.268 e. The van der Waals surface area contributed by atoms with Crippen LogP contribution in [0.4, 0.5) is 0 Å². The van der Waals surface area contributed by atoms with E-state index < -0.39 is 26.6 Å². The molecule has 0 aliphatic rings. The monoisotopic (exact) mass is 1180 g/mol. The fraction of sp³-hybridized carbons (Fsp3) is 0.824. The largest absolute Gasteiger partial charge is 0.756 e. The molecule has 0 saturated heterocycles. The van der Waals surface area contributed by atoms with Crippen molar-refractivity contribution < 1.29 is 32.9 Å². The molecule has 0 radical (unpaired) electrons. The molecular weight excluding hydrogens is 1040 g/mol. The molecule has 1 amide bonds. The smallest absolute Gasteiger partial charge is 0.268 e. The van der Waals surface area contributed by atoms with Gasteiger partial charge >= 0.3 is 0 Å². The van der Waals surface area contributed by atoms with Crippen LogP contribution in [0.2, 0.25) is 0 Å². The molecular formula is C74H139N2O6P. The van der Waals surface area contributed by atoms with Gasteiger partial charge in [0.25, 0.3) is 7.82 Å². The number of aliphatic hydroxyl groups excluding tert-OH is 1. The Labute approximate surface area is 516 Å². The maximum atomic E-state index is 13.0. The van der Waals surface area contributed by atoms with Crippen molar-refractivity contribution in [1.82, 2.24) is 5.32 Å². The lowest BCUT2D eigenvalue weighted by atomic mass is 10.0. The molecule has 0 aromatic heterocycles. The molecule has 0 heterocycles. The number of hydrogen-bond donors (Lipinski definition) is 2. The lowest BCUT2D eigenvalue weighted by molar-refractivity contribution is -0.870. The summed E-state index contributed by atoms with van der Waals surface area (Å²) in [7, 11) is 1.24. The van der Waals surface area contributed by atoms with E-state index in [0.29, 0.717) is 17.4 Å². The van der Waals surface area contributed by atoms with Crippen molar-refractivity contribution in [1.29, 1.82) is 0 Å². The standard InChI is InChI=1S/C74H139N2O6P/c1-6-8-10-12-14-16-18-20-22-24-26-28-30-32-34-36-37-38-39-40-42-44-46-48-50-52-54-56-58-60-62-64-66-68-74(78)75-72(71-82-83(79,80)81-70-69-76(3,4)5)73(77)67-65-63-61-59-57-55-53-51-49-47-45-43-41-35-33-31-29-27-25-23-21-19-17-15-13-11-9-7-2/h18,20,24,26,30,32,49,51,57,59,65,67,72-73,77H,6-17,19,21-23,25,27-29,31,33-48,50,52-56,58,60-64,66,68-71H2,1-5H3,(H-,75,78,79,80)/b20-18-,26-24-,32-30-,51-49+,59-57+,67-65+. The average molecular weight is 1180 g/mol. The van der Waals surface area contributed by atoms with Gasteiger partial charge in [-0.3, -0.25) is 9.36 Å². The Hall–Kier alpha value is -2.06. The van der Waals surface area contributed by atoms with Gasteiger partial charge in [-0.1, -0.05) is 324 Å². The quantitative estimate of drug-likeness (QED) is 0.0272. The molecule has 9 heteroatoms. The SMILES string of the molecule is CCCCCCC/C=C\C/C=C\C/C=C\CCCCCCCCCCCCCCCCCCCCC(=O)NC(COP(=O)([O-])OCC[N+](C)(C)C)C(O)/C=C/CC/C=C/CC/C=C/CCCCCCCCCCCCCCCCCCCC. The number of unbranched alkanes of at least 4 members (excludes halogenated alkanes) is 43. The first-order chi connectivity index (χ1) is 40.5. The van der Waals surface area contributed by atoms with Gasteiger partial charge in [-0.15, -0.1) is 0 Å². The minimum Gasteiger partial charge on any atom is -0.756 e. The summed E-state index contributed by atoms with van der Waals surface area (Å²) in [6.45, 7) is 4.65. The van der Waals surface area contributed by atoms with Crippen LogP contribution in [0.5, 0.6) is 0 Å². The van der Waals surface area contributed by atoms with Gasteiger partial charge in [-0.2, -0.15) is 0 Å². The van der Waals surface area contributed by atoms with Crippen molar-refractivity contribution in [2.45, 2.75) is 353 Å². The van der Waals surface area contributed by atoms with E-state index in [0.717, 1.165) is 57.8 Å². The summed E-state index contributed by atoms with van der Waals surface area (Å²) in [4.78, 5) is 25.6. The molecule has 0 spiro atoms. The number of allylic oxidation sites excluding steroid dienone is 11. The zero-order valence-corrected chi connectivity index (χ0v) is 56.5. The number of carbonyl (C=O) groups is 1. The molecule has 83 heavy (non-hydrogen) atoms. The summed E-state index contributed by atoms with van der Waals surface area (Å²) in [5, 5.41) is 13.9. The molecule has 0 fully saturated rings. The molecule has 3 atom stereocenters. The second-order valence-electron chi connectivity index (χ2n) is 25.6. The summed E-state index contributed by atoms with van der Waals surface area (Å²) >= 11 is 0. The Morgan fingerprint density at radius 1 is 0.422 bits per heavy atom. The number of aliphatic hydroxyl groups is 1. The third kappa shape index (κ3) is 67.3. The molecule has 486 valence electrons. The van der Waals surface area contributed by atoms with Crippen LogP contribution in [-0.2, 0) is 18.4 Å². The number of amides is 1. The molecule has 8 nitrogen and oxygen atoms in total. The topological polar surface area (TPSA) is 108 Å². The van der Waals surface area contributed by atoms with Crippen LogP contribution in [0, 0.1) is 0 Å². The van der Waals surface area contributed by atoms with Gasteiger partial charge in [0.2, 0.25) is 5.91 Å². The van der Waals surface area contributed by atoms with E-state index in [-0.39, 0.29) is 12.5 Å². The number of rotatable bonds is 66. The fourth-order valence-electron chi connectivity index (χ4n) is 10.5. The molecule has 0 bridgehead atoms. The first-order valence-electron chi connectivity index (χ1n) is 35.8. The Morgan fingerprint density at radius 3 is 1.06 bits per heavy atom. The van der Waals surface area contributed by atoms with E-state index in [9.17, 15) is 19.4 Å². The number of quaternary nitrogens is 1. The van der Waals surface area contributed by atoms with Gasteiger partial charge < -0.3 is 28.8 Å². The van der Waals surface area contributed by atoms with Crippen LogP contribution >= 0.6 is 7.82 Å². The number of nitrogens with one attached hydrogen (secondary N) is 1. The summed E-state index contributed by atoms with van der Waals surface area (Å²) in [5.74, 6) is -0.208. The number of phosphoric ester groups is 1. The van der Waals surface area contributed by atoms with Crippen molar-refractivity contribution in [2.75, 3.05) is 40.9 Å². The Balaban J connectivity index is 4.10. The minimum absolute atomic E-state index is 0.00991. The number of likely N-dealkylation sites (N-methyl/N-ethyl adjacent to an activating group) is 1. The molecule has 3 unspecified atom stereocenters. The first kappa shape index (κ1) is 80.9. The Morgan fingerprint density at radius 2 is 0.711 bits per heavy atom. The number of carbonyl (C=O) groups excluding carboxylic acids is 1. The maximum absolute atomic E-state index is 13.0. The lowest BCUT2D eigenvalue weighted by Crippen LogP contribution is -2.45. The van der Waals surface area contributed by atoms with Crippen molar-refractivity contribution in [3.05, 3.63) is 72.9 Å². The molecule has 0 aromatic rings. The van der Waals surface area contributed by atoms with E-state index in [1.165, 1.54) is 263 Å². The van der Waals surface area contributed by atoms with Crippen LogP contribution in [0.3, 0.4) is 0 Å². The van der Waals surface area contributed by atoms with Gasteiger partial charge in [0.1, 0.15) is 13.2 Å². The Kier molecular flexibility index (Phi) is 62.8. The van der Waals surface area contributed by atoms with Crippen LogP contribution in [0.1, 0.15) is 341 Å². The predicted molar refractivity (Wildman–Crippen MR) is 362 cm³/mol. The average Bonchev–Trinajstić information content (AvgIpc) is 3.49. The van der Waals surface area contributed by atoms with Crippen LogP contribution in [0.15, 0.2) is 72.9 Å². The highest BCUT2D eigenvalue weighted by atomic mass is 31.2. The first-order valence-corrected chi connectivity index (χ1v) is 37.3. The number of nitrogens with zero attached hydrogens (tertiary/aromatic N) is 1. The lowest BCUT2D eigenvalue weighted by Gasteiger charge is -2.29. The normalized spacial score (nSPS) is 14.1. The third-order valence-corrected chi connectivity index (χ3v) is 17.1. The Bertz CT molecular complexity index is 1580. The van der Waals surface area contributed by atoms with Crippen molar-refractivity contribution >= 4 is 13.7 Å². The van der Waals surface area contributed by atoms with Gasteiger partial charge in [0, 0.05) is 6.42 Å². The highest BCUT2D eigenvalue weighted by Gasteiger charge is 2.23. The third-order valence-electron chi connectivity index (χ3n) is 16.1. The minimum atomic E-state index is -4.62. The highest BCUT2D eigenvalue weighted by molar-refractivity contribution is 7.45. The second kappa shape index (κ2) is 64.4. The summed E-state index contributed by atoms with van der Waals surface area (Å²) in [5.41, 5.74) is 0. The van der Waals surface area contributed by atoms with Crippen LogP contribution in [-0.4, -0.2) is 68.5 Å². The fourth-order valence-corrected chi connectivity index (χ4v) is 11.3. The summed E-state index contributed by atoms with van der Waals surface area (Å²) < 4.78 is 23.4. The van der Waals surface area contributed by atoms with Crippen molar-refractivity contribution in [3.8, 4) is 0 Å². The molecule has 0 aromatic carbocycles. The van der Waals surface area contributed by atoms with Gasteiger partial charge in [0.05, 0.1) is 39.9 Å². The van der Waals surface area contributed by atoms with Crippen LogP contribution in [0.25, 0.3) is 0 Å². The van der Waals surface area contributed by atoms with Gasteiger partial charge in [0.15, 0.2) is 0 Å². The molecule has 0 saturated carbocycles. The van der Waals surface area contributed by atoms with Gasteiger partial charge in [-0.05, 0) is 83.5 Å². The zero-order valence-electron chi connectivity index (χ0n) is 55.6. The van der Waals surface area contributed by atoms with Crippen molar-refractivity contribution in [2.24, 2.45) is 0 Å². The van der Waals surface area contributed by atoms with Crippen molar-refractivity contribution in [3.63, 3.8) is 0 Å². The molecule has 2 N–H and O–H groups in total.